The third kappa shape index (κ3) is 4.24. The minimum absolute atomic E-state index is 0.110. The van der Waals surface area contributed by atoms with Crippen LogP contribution >= 0.6 is 11.6 Å². The van der Waals surface area contributed by atoms with Crippen LogP contribution in [0.5, 0.6) is 0 Å². The van der Waals surface area contributed by atoms with Gasteiger partial charge < -0.3 is 14.3 Å². The normalized spacial score (nSPS) is 15.5. The van der Waals surface area contributed by atoms with E-state index in [-0.39, 0.29) is 11.8 Å². The third-order valence-corrected chi connectivity index (χ3v) is 5.41. The second kappa shape index (κ2) is 7.84. The first-order valence-electron chi connectivity index (χ1n) is 9.22. The summed E-state index contributed by atoms with van der Waals surface area (Å²) in [6, 6.07) is 3.91. The lowest BCUT2D eigenvalue weighted by Crippen LogP contribution is -2.52. The van der Waals surface area contributed by atoms with Gasteiger partial charge in [0.1, 0.15) is 5.82 Å². The Balaban J connectivity index is 1.62. The molecule has 0 unspecified atom stereocenters. The molecule has 0 atom stereocenters. The lowest BCUT2D eigenvalue weighted by atomic mass is 9.94. The molecule has 3 rings (SSSR count). The van der Waals surface area contributed by atoms with Crippen LogP contribution in [0.4, 0.5) is 5.82 Å². The Labute approximate surface area is 164 Å². The maximum absolute atomic E-state index is 12.5. The Morgan fingerprint density at radius 3 is 2.48 bits per heavy atom. The molecule has 1 amide bonds. The lowest BCUT2D eigenvalue weighted by Gasteiger charge is -2.38. The van der Waals surface area contributed by atoms with E-state index >= 15 is 0 Å². The van der Waals surface area contributed by atoms with E-state index in [1.807, 2.05) is 44.7 Å². The zero-order chi connectivity index (χ0) is 19.6. The van der Waals surface area contributed by atoms with E-state index in [0.29, 0.717) is 30.7 Å². The van der Waals surface area contributed by atoms with E-state index in [4.69, 9.17) is 16.1 Å². The molecule has 27 heavy (non-hydrogen) atoms. The van der Waals surface area contributed by atoms with Crippen LogP contribution in [-0.2, 0) is 4.79 Å². The standard InChI is InChI=1S/C19H26ClN5O2/c1-13(2)17-22-16(23-27-17)14-5-6-15(21-11-14)24-7-9-25(10-8-24)18(26)19(3,4)12-20/h5-6,11,13H,7-10,12H2,1-4H3. The number of nitrogens with zero attached hydrogens (tertiary/aromatic N) is 5. The van der Waals surface area contributed by atoms with Crippen molar-refractivity contribution in [2.24, 2.45) is 5.41 Å². The van der Waals surface area contributed by atoms with Gasteiger partial charge in [-0.2, -0.15) is 4.98 Å². The number of anilines is 1. The predicted molar refractivity (Wildman–Crippen MR) is 105 cm³/mol. The number of amides is 1. The summed E-state index contributed by atoms with van der Waals surface area (Å²) in [6.07, 6.45) is 1.76. The van der Waals surface area contributed by atoms with Crippen molar-refractivity contribution in [1.29, 1.82) is 0 Å². The predicted octanol–water partition coefficient (Wildman–Crippen LogP) is 3.17. The van der Waals surface area contributed by atoms with Gasteiger partial charge in [0.25, 0.3) is 0 Å². The average molecular weight is 392 g/mol. The Morgan fingerprint density at radius 1 is 1.26 bits per heavy atom. The van der Waals surface area contributed by atoms with E-state index in [2.05, 4.69) is 20.0 Å². The van der Waals surface area contributed by atoms with Gasteiger partial charge in [-0.15, -0.1) is 11.6 Å². The molecule has 0 aromatic carbocycles. The smallest absolute Gasteiger partial charge is 0.229 e. The van der Waals surface area contributed by atoms with Crippen LogP contribution in [-0.4, -0.2) is 58.0 Å². The van der Waals surface area contributed by atoms with E-state index in [9.17, 15) is 4.79 Å². The van der Waals surface area contributed by atoms with Gasteiger partial charge in [0.15, 0.2) is 0 Å². The number of carbonyl (C=O) groups excluding carboxylic acids is 1. The number of halogens is 1. The quantitative estimate of drug-likeness (QED) is 0.728. The molecule has 1 fully saturated rings. The highest BCUT2D eigenvalue weighted by Gasteiger charge is 2.33. The second-order valence-corrected chi connectivity index (χ2v) is 8.08. The lowest BCUT2D eigenvalue weighted by molar-refractivity contribution is -0.139. The summed E-state index contributed by atoms with van der Waals surface area (Å²) in [7, 11) is 0. The van der Waals surface area contributed by atoms with Crippen molar-refractivity contribution in [2.75, 3.05) is 37.0 Å². The molecule has 1 saturated heterocycles. The molecule has 1 aliphatic heterocycles. The van der Waals surface area contributed by atoms with Crippen molar-refractivity contribution in [3.8, 4) is 11.4 Å². The monoisotopic (exact) mass is 391 g/mol. The van der Waals surface area contributed by atoms with Crippen LogP contribution in [0.25, 0.3) is 11.4 Å². The fourth-order valence-corrected chi connectivity index (χ4v) is 3.03. The largest absolute Gasteiger partial charge is 0.353 e. The molecule has 0 spiro atoms. The Morgan fingerprint density at radius 2 is 1.96 bits per heavy atom. The van der Waals surface area contributed by atoms with Crippen LogP contribution in [0.2, 0.25) is 0 Å². The first kappa shape index (κ1) is 19.6. The highest BCUT2D eigenvalue weighted by Crippen LogP contribution is 2.24. The zero-order valence-corrected chi connectivity index (χ0v) is 17.0. The molecule has 0 aliphatic carbocycles. The second-order valence-electron chi connectivity index (χ2n) is 7.81. The number of alkyl halides is 1. The molecule has 0 saturated carbocycles. The summed E-state index contributed by atoms with van der Waals surface area (Å²) in [4.78, 5) is 25.5. The van der Waals surface area contributed by atoms with Gasteiger partial charge in [-0.05, 0) is 26.0 Å². The Bertz CT molecular complexity index is 780. The fourth-order valence-electron chi connectivity index (χ4n) is 2.92. The Hall–Kier alpha value is -2.15. The van der Waals surface area contributed by atoms with E-state index in [1.165, 1.54) is 0 Å². The molecular weight excluding hydrogens is 366 g/mol. The van der Waals surface area contributed by atoms with Crippen LogP contribution in [0.15, 0.2) is 22.9 Å². The van der Waals surface area contributed by atoms with Crippen LogP contribution < -0.4 is 4.90 Å². The van der Waals surface area contributed by atoms with Gasteiger partial charge >= 0.3 is 0 Å². The molecule has 1 aliphatic rings. The van der Waals surface area contributed by atoms with Crippen molar-refractivity contribution in [3.63, 3.8) is 0 Å². The molecule has 146 valence electrons. The van der Waals surface area contributed by atoms with Gasteiger partial charge in [0, 0.05) is 49.7 Å². The summed E-state index contributed by atoms with van der Waals surface area (Å²) < 4.78 is 5.25. The van der Waals surface area contributed by atoms with Crippen molar-refractivity contribution in [3.05, 3.63) is 24.2 Å². The van der Waals surface area contributed by atoms with Crippen molar-refractivity contribution in [2.45, 2.75) is 33.6 Å². The SMILES string of the molecule is CC(C)c1nc(-c2ccc(N3CCN(C(=O)C(C)(C)CCl)CC3)nc2)no1. The molecule has 0 N–H and O–H groups in total. The first-order valence-corrected chi connectivity index (χ1v) is 9.75. The van der Waals surface area contributed by atoms with Crippen LogP contribution in [0.3, 0.4) is 0 Å². The summed E-state index contributed by atoms with van der Waals surface area (Å²) in [6.45, 7) is 10.6. The maximum atomic E-state index is 12.5. The minimum Gasteiger partial charge on any atom is -0.353 e. The molecule has 2 aromatic heterocycles. The highest BCUT2D eigenvalue weighted by molar-refractivity contribution is 6.19. The molecular formula is C19H26ClN5O2. The van der Waals surface area contributed by atoms with Crippen LogP contribution in [0, 0.1) is 5.41 Å². The van der Waals surface area contributed by atoms with Gasteiger partial charge in [0.05, 0.1) is 5.41 Å². The van der Waals surface area contributed by atoms with E-state index in [1.54, 1.807) is 6.20 Å². The number of carbonyl (C=O) groups is 1. The van der Waals surface area contributed by atoms with Crippen molar-refractivity contribution >= 4 is 23.3 Å². The Kier molecular flexibility index (Phi) is 5.69. The maximum Gasteiger partial charge on any atom is 0.229 e. The number of rotatable bonds is 5. The number of pyridine rings is 1. The third-order valence-electron chi connectivity index (χ3n) is 4.75. The zero-order valence-electron chi connectivity index (χ0n) is 16.3. The van der Waals surface area contributed by atoms with Crippen molar-refractivity contribution in [1.82, 2.24) is 20.0 Å². The number of piperazine rings is 1. The number of hydrogen-bond acceptors (Lipinski definition) is 6. The van der Waals surface area contributed by atoms with Gasteiger partial charge in [-0.25, -0.2) is 4.98 Å². The molecule has 0 bridgehead atoms. The summed E-state index contributed by atoms with van der Waals surface area (Å²) in [5.41, 5.74) is 0.301. The molecule has 7 nitrogen and oxygen atoms in total. The summed E-state index contributed by atoms with van der Waals surface area (Å²) >= 11 is 5.93. The van der Waals surface area contributed by atoms with Crippen LogP contribution in [0.1, 0.15) is 39.5 Å². The first-order chi connectivity index (χ1) is 12.8. The fraction of sp³-hybridized carbons (Fsp3) is 0.579. The van der Waals surface area contributed by atoms with Gasteiger partial charge in [-0.1, -0.05) is 19.0 Å². The summed E-state index contributed by atoms with van der Waals surface area (Å²) in [5.74, 6) is 2.69. The minimum atomic E-state index is -0.525. The topological polar surface area (TPSA) is 75.4 Å². The summed E-state index contributed by atoms with van der Waals surface area (Å²) in [5, 5.41) is 4.02. The van der Waals surface area contributed by atoms with Gasteiger partial charge in [-0.3, -0.25) is 4.79 Å². The van der Waals surface area contributed by atoms with E-state index < -0.39 is 5.41 Å². The van der Waals surface area contributed by atoms with E-state index in [0.717, 1.165) is 24.5 Å². The van der Waals surface area contributed by atoms with Crippen molar-refractivity contribution < 1.29 is 9.32 Å². The molecule has 0 radical (unpaired) electrons. The van der Waals surface area contributed by atoms with Gasteiger partial charge in [0.2, 0.25) is 17.6 Å². The molecule has 2 aromatic rings. The number of aromatic nitrogens is 3. The highest BCUT2D eigenvalue weighted by atomic mass is 35.5. The molecule has 8 heteroatoms. The molecule has 3 heterocycles. The average Bonchev–Trinajstić information content (AvgIpc) is 3.18. The number of hydrogen-bond donors (Lipinski definition) is 0.